The van der Waals surface area contributed by atoms with Crippen LogP contribution >= 0.6 is 0 Å². The molecule has 0 radical (unpaired) electrons. The molecule has 0 aliphatic carbocycles. The van der Waals surface area contributed by atoms with Gasteiger partial charge in [-0.15, -0.1) is 0 Å². The maximum atomic E-state index is 12.6. The maximum Gasteiger partial charge on any atom is 0.261 e. The second kappa shape index (κ2) is 8.52. The molecule has 1 heterocycles. The quantitative estimate of drug-likeness (QED) is 0.555. The number of para-hydroxylation sites is 1. The monoisotopic (exact) mass is 383 g/mol. The molecule has 5 heteroatoms. The Morgan fingerprint density at radius 2 is 1.45 bits per heavy atom. The molecule has 0 fully saturated rings. The molecule has 4 aromatic rings. The van der Waals surface area contributed by atoms with Crippen LogP contribution in [0.25, 0.3) is 10.9 Å². The van der Waals surface area contributed by atoms with Crippen molar-refractivity contribution in [3.8, 4) is 0 Å². The molecule has 0 aliphatic heterocycles. The summed E-state index contributed by atoms with van der Waals surface area (Å²) in [4.78, 5) is 29.4. The molecule has 4 rings (SSSR count). The van der Waals surface area contributed by atoms with E-state index in [1.165, 1.54) is 10.9 Å². The maximum absolute atomic E-state index is 12.6. The van der Waals surface area contributed by atoms with Crippen LogP contribution in [-0.4, -0.2) is 22.0 Å². The summed E-state index contributed by atoms with van der Waals surface area (Å²) in [6.07, 6.45) is 1.43. The van der Waals surface area contributed by atoms with Crippen LogP contribution in [0, 0.1) is 0 Å². The summed E-state index contributed by atoms with van der Waals surface area (Å²) in [6, 6.07) is 27.3. The lowest BCUT2D eigenvalue weighted by molar-refractivity contribution is -0.121. The van der Waals surface area contributed by atoms with Crippen molar-refractivity contribution < 1.29 is 4.79 Å². The van der Waals surface area contributed by atoms with Gasteiger partial charge in [0, 0.05) is 12.5 Å². The minimum Gasteiger partial charge on any atom is -0.354 e. The Kier molecular flexibility index (Phi) is 5.47. The van der Waals surface area contributed by atoms with E-state index in [1.807, 2.05) is 42.5 Å². The van der Waals surface area contributed by atoms with E-state index in [9.17, 15) is 9.59 Å². The lowest BCUT2D eigenvalue weighted by Crippen LogP contribution is -2.35. The van der Waals surface area contributed by atoms with Crippen molar-refractivity contribution in [2.45, 2.75) is 12.5 Å². The fraction of sp³-hybridized carbons (Fsp3) is 0.125. The Morgan fingerprint density at radius 1 is 0.862 bits per heavy atom. The summed E-state index contributed by atoms with van der Waals surface area (Å²) in [7, 11) is 0. The van der Waals surface area contributed by atoms with Crippen molar-refractivity contribution in [3.05, 3.63) is 113 Å². The van der Waals surface area contributed by atoms with Gasteiger partial charge < -0.3 is 5.32 Å². The fourth-order valence-electron chi connectivity index (χ4n) is 3.44. The molecule has 0 spiro atoms. The number of nitrogens with zero attached hydrogens (tertiary/aromatic N) is 2. The molecule has 3 aromatic carbocycles. The lowest BCUT2D eigenvalue weighted by atomic mass is 9.91. The number of nitrogens with one attached hydrogen (secondary N) is 1. The molecule has 1 N–H and O–H groups in total. The van der Waals surface area contributed by atoms with E-state index in [2.05, 4.69) is 34.6 Å². The van der Waals surface area contributed by atoms with Crippen LogP contribution in [0.3, 0.4) is 0 Å². The van der Waals surface area contributed by atoms with Crippen LogP contribution in [0.5, 0.6) is 0 Å². The van der Waals surface area contributed by atoms with E-state index in [1.54, 1.807) is 18.2 Å². The summed E-state index contributed by atoms with van der Waals surface area (Å²) in [6.45, 7) is 0.385. The summed E-state index contributed by atoms with van der Waals surface area (Å²) >= 11 is 0. The first-order chi connectivity index (χ1) is 14.2. The number of hydrogen-bond donors (Lipinski definition) is 1. The average Bonchev–Trinajstić information content (AvgIpc) is 2.77. The molecule has 1 amide bonds. The summed E-state index contributed by atoms with van der Waals surface area (Å²) < 4.78 is 1.34. The first-order valence-electron chi connectivity index (χ1n) is 9.53. The molecule has 29 heavy (non-hydrogen) atoms. The smallest absolute Gasteiger partial charge is 0.261 e. The van der Waals surface area contributed by atoms with Crippen molar-refractivity contribution in [1.29, 1.82) is 0 Å². The number of aromatic nitrogens is 2. The minimum absolute atomic E-state index is 0.0350. The molecule has 144 valence electrons. The zero-order valence-electron chi connectivity index (χ0n) is 15.9. The Bertz CT molecular complexity index is 1130. The summed E-state index contributed by atoms with van der Waals surface area (Å²) in [5, 5.41) is 3.49. The largest absolute Gasteiger partial charge is 0.354 e. The number of carbonyl (C=O) groups excluding carboxylic acids is 1. The predicted octanol–water partition coefficient (Wildman–Crippen LogP) is 3.34. The van der Waals surface area contributed by atoms with E-state index in [-0.39, 0.29) is 23.9 Å². The molecule has 0 unspecified atom stereocenters. The number of rotatable bonds is 6. The van der Waals surface area contributed by atoms with E-state index in [4.69, 9.17) is 0 Å². The van der Waals surface area contributed by atoms with Gasteiger partial charge >= 0.3 is 0 Å². The highest BCUT2D eigenvalue weighted by Gasteiger charge is 2.15. The molecule has 0 aliphatic rings. The molecule has 0 saturated heterocycles. The van der Waals surface area contributed by atoms with Gasteiger partial charge in [0.05, 0.1) is 17.2 Å². The zero-order valence-corrected chi connectivity index (χ0v) is 15.9. The molecule has 0 saturated carbocycles. The zero-order chi connectivity index (χ0) is 20.1. The second-order valence-electron chi connectivity index (χ2n) is 6.87. The Hall–Kier alpha value is -3.73. The standard InChI is InChI=1S/C24H21N3O2/c28-23(16-27-17-26-22-14-8-7-13-20(22)24(27)29)25-15-21(18-9-3-1-4-10-18)19-11-5-2-6-12-19/h1-14,17,21H,15-16H2,(H,25,28). The number of fused-ring (bicyclic) bond motifs is 1. The number of carbonyl (C=O) groups is 1. The van der Waals surface area contributed by atoms with Gasteiger partial charge in [0.1, 0.15) is 6.54 Å². The van der Waals surface area contributed by atoms with Crippen LogP contribution < -0.4 is 10.9 Å². The van der Waals surface area contributed by atoms with Crippen LogP contribution in [0.2, 0.25) is 0 Å². The number of amides is 1. The van der Waals surface area contributed by atoms with Crippen molar-refractivity contribution >= 4 is 16.8 Å². The van der Waals surface area contributed by atoms with Crippen molar-refractivity contribution in [2.75, 3.05) is 6.54 Å². The third kappa shape index (κ3) is 4.24. The average molecular weight is 383 g/mol. The molecular formula is C24H21N3O2. The van der Waals surface area contributed by atoms with Crippen LogP contribution in [0.4, 0.5) is 0 Å². The molecule has 0 bridgehead atoms. The SMILES string of the molecule is O=C(Cn1cnc2ccccc2c1=O)NCC(c1ccccc1)c1ccccc1. The van der Waals surface area contributed by atoms with E-state index >= 15 is 0 Å². The highest BCUT2D eigenvalue weighted by Crippen LogP contribution is 2.23. The predicted molar refractivity (Wildman–Crippen MR) is 114 cm³/mol. The van der Waals surface area contributed by atoms with Gasteiger partial charge in [0.2, 0.25) is 5.91 Å². The van der Waals surface area contributed by atoms with Crippen molar-refractivity contribution in [2.24, 2.45) is 0 Å². The van der Waals surface area contributed by atoms with Crippen LogP contribution in [0.1, 0.15) is 17.0 Å². The molecule has 0 atom stereocenters. The van der Waals surface area contributed by atoms with Gasteiger partial charge in [-0.25, -0.2) is 4.98 Å². The van der Waals surface area contributed by atoms with Crippen molar-refractivity contribution in [3.63, 3.8) is 0 Å². The first-order valence-corrected chi connectivity index (χ1v) is 9.53. The number of hydrogen-bond acceptors (Lipinski definition) is 3. The van der Waals surface area contributed by atoms with Crippen LogP contribution in [-0.2, 0) is 11.3 Å². The normalized spacial score (nSPS) is 10.9. The van der Waals surface area contributed by atoms with Gasteiger partial charge in [-0.3, -0.25) is 14.2 Å². The van der Waals surface area contributed by atoms with Gasteiger partial charge in [-0.2, -0.15) is 0 Å². The van der Waals surface area contributed by atoms with E-state index in [0.29, 0.717) is 17.4 Å². The summed E-state index contributed by atoms with van der Waals surface area (Å²) in [5.41, 5.74) is 2.67. The molecule has 5 nitrogen and oxygen atoms in total. The van der Waals surface area contributed by atoms with Gasteiger partial charge in [0.25, 0.3) is 5.56 Å². The third-order valence-electron chi connectivity index (χ3n) is 4.95. The van der Waals surface area contributed by atoms with E-state index < -0.39 is 0 Å². The summed E-state index contributed by atoms with van der Waals surface area (Å²) in [5.74, 6) is -0.186. The highest BCUT2D eigenvalue weighted by molar-refractivity contribution is 5.78. The molecule has 1 aromatic heterocycles. The van der Waals surface area contributed by atoms with Crippen LogP contribution in [0.15, 0.2) is 96.1 Å². The first kappa shape index (κ1) is 18.6. The van der Waals surface area contributed by atoms with Crippen molar-refractivity contribution in [1.82, 2.24) is 14.9 Å². The minimum atomic E-state index is -0.221. The lowest BCUT2D eigenvalue weighted by Gasteiger charge is -2.19. The number of benzene rings is 3. The van der Waals surface area contributed by atoms with Gasteiger partial charge in [0.15, 0.2) is 0 Å². The third-order valence-corrected chi connectivity index (χ3v) is 4.95. The topological polar surface area (TPSA) is 64.0 Å². The fourth-order valence-corrected chi connectivity index (χ4v) is 3.44. The Labute approximate surface area is 168 Å². The van der Waals surface area contributed by atoms with E-state index in [0.717, 1.165) is 11.1 Å². The molecular weight excluding hydrogens is 362 g/mol. The highest BCUT2D eigenvalue weighted by atomic mass is 16.2. The van der Waals surface area contributed by atoms with Gasteiger partial charge in [-0.05, 0) is 23.3 Å². The Balaban J connectivity index is 1.50. The van der Waals surface area contributed by atoms with Gasteiger partial charge in [-0.1, -0.05) is 72.8 Å². The second-order valence-corrected chi connectivity index (χ2v) is 6.87. The Morgan fingerprint density at radius 3 is 2.10 bits per heavy atom.